The van der Waals surface area contributed by atoms with Gasteiger partial charge in [-0.15, -0.1) is 0 Å². The number of rotatable bonds is 3. The van der Waals surface area contributed by atoms with Gasteiger partial charge in [0.2, 0.25) is 0 Å². The molecule has 0 atom stereocenters. The summed E-state index contributed by atoms with van der Waals surface area (Å²) < 4.78 is 0. The number of nitro groups is 1. The van der Waals surface area contributed by atoms with Crippen molar-refractivity contribution in [1.82, 2.24) is 5.32 Å². The number of benzene rings is 1. The number of nitrogens with zero attached hydrogens (tertiary/aromatic N) is 1. The Hall–Kier alpha value is -2.15. The van der Waals surface area contributed by atoms with Crippen LogP contribution in [-0.2, 0) is 0 Å². The van der Waals surface area contributed by atoms with Gasteiger partial charge >= 0.3 is 6.03 Å². The summed E-state index contributed by atoms with van der Waals surface area (Å²) in [6, 6.07) is 5.54. The van der Waals surface area contributed by atoms with E-state index in [2.05, 4.69) is 10.6 Å². The zero-order valence-electron chi connectivity index (χ0n) is 10.9. The van der Waals surface area contributed by atoms with E-state index >= 15 is 0 Å². The number of anilines is 1. The number of para-hydroxylation sites is 2. The van der Waals surface area contributed by atoms with Crippen LogP contribution in [-0.4, -0.2) is 28.2 Å². The number of nitro benzene ring substituents is 1. The molecule has 0 aliphatic heterocycles. The van der Waals surface area contributed by atoms with Crippen LogP contribution in [0.4, 0.5) is 16.2 Å². The molecule has 20 heavy (non-hydrogen) atoms. The summed E-state index contributed by atoms with van der Waals surface area (Å²) in [5, 5.41) is 25.5. The Balaban J connectivity index is 1.93. The van der Waals surface area contributed by atoms with Crippen LogP contribution in [0, 0.1) is 10.1 Å². The molecule has 108 valence electrons. The SMILES string of the molecule is O=C(Nc1ccccc1[N+](=O)[O-])NC1CCC(O)CC1. The van der Waals surface area contributed by atoms with Crippen LogP contribution in [0.25, 0.3) is 0 Å². The van der Waals surface area contributed by atoms with Crippen LogP contribution < -0.4 is 10.6 Å². The largest absolute Gasteiger partial charge is 0.393 e. The minimum absolute atomic E-state index is 0.00108. The van der Waals surface area contributed by atoms with E-state index in [4.69, 9.17) is 0 Å². The van der Waals surface area contributed by atoms with Crippen LogP contribution in [0.15, 0.2) is 24.3 Å². The van der Waals surface area contributed by atoms with Gasteiger partial charge in [-0.1, -0.05) is 12.1 Å². The lowest BCUT2D eigenvalue weighted by Crippen LogP contribution is -2.40. The van der Waals surface area contributed by atoms with E-state index in [0.717, 1.165) is 0 Å². The van der Waals surface area contributed by atoms with Crippen molar-refractivity contribution in [2.24, 2.45) is 0 Å². The normalized spacial score (nSPS) is 22.1. The van der Waals surface area contributed by atoms with Gasteiger partial charge in [0.05, 0.1) is 11.0 Å². The molecule has 2 rings (SSSR count). The van der Waals surface area contributed by atoms with E-state index in [1.807, 2.05) is 0 Å². The van der Waals surface area contributed by atoms with E-state index in [9.17, 15) is 20.0 Å². The third-order valence-corrected chi connectivity index (χ3v) is 3.38. The fourth-order valence-electron chi connectivity index (χ4n) is 2.30. The summed E-state index contributed by atoms with van der Waals surface area (Å²) in [5.74, 6) is 0. The molecule has 0 bridgehead atoms. The van der Waals surface area contributed by atoms with Gasteiger partial charge in [-0.05, 0) is 31.7 Å². The number of carbonyl (C=O) groups is 1. The van der Waals surface area contributed by atoms with Crippen molar-refractivity contribution >= 4 is 17.4 Å². The number of aliphatic hydroxyl groups is 1. The molecule has 0 saturated heterocycles. The zero-order valence-corrected chi connectivity index (χ0v) is 10.9. The number of carbonyl (C=O) groups excluding carboxylic acids is 1. The highest BCUT2D eigenvalue weighted by atomic mass is 16.6. The van der Waals surface area contributed by atoms with E-state index in [1.54, 1.807) is 12.1 Å². The fraction of sp³-hybridized carbons (Fsp3) is 0.462. The van der Waals surface area contributed by atoms with Gasteiger partial charge in [0.25, 0.3) is 5.69 Å². The Morgan fingerprint density at radius 2 is 1.90 bits per heavy atom. The van der Waals surface area contributed by atoms with Gasteiger partial charge in [-0.3, -0.25) is 10.1 Å². The monoisotopic (exact) mass is 279 g/mol. The number of aliphatic hydroxyl groups excluding tert-OH is 1. The Morgan fingerprint density at radius 3 is 2.55 bits per heavy atom. The second kappa shape index (κ2) is 6.33. The Kier molecular flexibility index (Phi) is 4.52. The second-order valence-electron chi connectivity index (χ2n) is 4.88. The number of hydrogen-bond acceptors (Lipinski definition) is 4. The van der Waals surface area contributed by atoms with Crippen molar-refractivity contribution in [1.29, 1.82) is 0 Å². The molecule has 3 N–H and O–H groups in total. The number of urea groups is 1. The molecule has 1 aromatic rings. The van der Waals surface area contributed by atoms with Crippen molar-refractivity contribution in [3.8, 4) is 0 Å². The van der Waals surface area contributed by atoms with E-state index in [-0.39, 0.29) is 23.5 Å². The van der Waals surface area contributed by atoms with Crippen molar-refractivity contribution in [3.05, 3.63) is 34.4 Å². The maximum atomic E-state index is 11.8. The molecule has 0 aromatic heterocycles. The molecule has 0 heterocycles. The molecule has 1 aliphatic carbocycles. The minimum atomic E-state index is -0.535. The van der Waals surface area contributed by atoms with Crippen molar-refractivity contribution in [2.45, 2.75) is 37.8 Å². The average Bonchev–Trinajstić information content (AvgIpc) is 2.41. The summed E-state index contributed by atoms with van der Waals surface area (Å²) in [5.41, 5.74) is 0.0348. The number of amides is 2. The van der Waals surface area contributed by atoms with Gasteiger partial charge in [-0.2, -0.15) is 0 Å². The predicted octanol–water partition coefficient (Wildman–Crippen LogP) is 2.02. The Labute approximate surface area is 116 Å². The van der Waals surface area contributed by atoms with Crippen LogP contribution in [0.3, 0.4) is 0 Å². The van der Waals surface area contributed by atoms with Crippen LogP contribution >= 0.6 is 0 Å². The molecular weight excluding hydrogens is 262 g/mol. The first-order valence-electron chi connectivity index (χ1n) is 6.55. The maximum absolute atomic E-state index is 11.8. The van der Waals surface area contributed by atoms with E-state index in [0.29, 0.717) is 25.7 Å². The van der Waals surface area contributed by atoms with E-state index < -0.39 is 11.0 Å². The highest BCUT2D eigenvalue weighted by molar-refractivity contribution is 5.91. The van der Waals surface area contributed by atoms with Crippen molar-refractivity contribution in [2.75, 3.05) is 5.32 Å². The van der Waals surface area contributed by atoms with Crippen molar-refractivity contribution in [3.63, 3.8) is 0 Å². The molecule has 1 fully saturated rings. The molecular formula is C13H17N3O4. The van der Waals surface area contributed by atoms with Crippen LogP contribution in [0.1, 0.15) is 25.7 Å². The third-order valence-electron chi connectivity index (χ3n) is 3.38. The summed E-state index contributed by atoms with van der Waals surface area (Å²) in [6.45, 7) is 0. The van der Waals surface area contributed by atoms with Gasteiger partial charge in [-0.25, -0.2) is 4.79 Å². The van der Waals surface area contributed by atoms with E-state index in [1.165, 1.54) is 12.1 Å². The van der Waals surface area contributed by atoms with Crippen LogP contribution in [0.5, 0.6) is 0 Å². The Bertz CT molecular complexity index is 498. The predicted molar refractivity (Wildman–Crippen MR) is 73.5 cm³/mol. The lowest BCUT2D eigenvalue weighted by molar-refractivity contribution is -0.383. The number of nitrogens with one attached hydrogen (secondary N) is 2. The molecule has 7 heteroatoms. The molecule has 1 aliphatic rings. The van der Waals surface area contributed by atoms with Crippen molar-refractivity contribution < 1.29 is 14.8 Å². The Morgan fingerprint density at radius 1 is 1.25 bits per heavy atom. The summed E-state index contributed by atoms with van der Waals surface area (Å²) >= 11 is 0. The van der Waals surface area contributed by atoms with Crippen LogP contribution in [0.2, 0.25) is 0 Å². The second-order valence-corrected chi connectivity index (χ2v) is 4.88. The smallest absolute Gasteiger partial charge is 0.319 e. The number of hydrogen-bond donors (Lipinski definition) is 3. The third kappa shape index (κ3) is 3.67. The summed E-state index contributed by atoms with van der Waals surface area (Å²) in [6.07, 6.45) is 2.47. The van der Waals surface area contributed by atoms with Gasteiger partial charge in [0, 0.05) is 12.1 Å². The lowest BCUT2D eigenvalue weighted by Gasteiger charge is -2.26. The lowest BCUT2D eigenvalue weighted by atomic mass is 9.93. The summed E-state index contributed by atoms with van der Waals surface area (Å²) in [7, 11) is 0. The average molecular weight is 279 g/mol. The molecule has 0 unspecified atom stereocenters. The highest BCUT2D eigenvalue weighted by Crippen LogP contribution is 2.23. The first-order valence-corrected chi connectivity index (χ1v) is 6.55. The molecule has 7 nitrogen and oxygen atoms in total. The molecule has 1 saturated carbocycles. The first kappa shape index (κ1) is 14.3. The standard InChI is InChI=1S/C13H17N3O4/c17-10-7-5-9(6-8-10)14-13(18)15-11-3-1-2-4-12(11)16(19)20/h1-4,9-10,17H,5-8H2,(H2,14,15,18). The van der Waals surface area contributed by atoms with Gasteiger partial charge in [0.15, 0.2) is 0 Å². The molecule has 0 spiro atoms. The topological polar surface area (TPSA) is 104 Å². The maximum Gasteiger partial charge on any atom is 0.319 e. The van der Waals surface area contributed by atoms with Gasteiger partial charge < -0.3 is 15.7 Å². The summed E-state index contributed by atoms with van der Waals surface area (Å²) in [4.78, 5) is 22.1. The zero-order chi connectivity index (χ0) is 14.5. The molecule has 2 amide bonds. The quantitative estimate of drug-likeness (QED) is 0.581. The fourth-order valence-corrected chi connectivity index (χ4v) is 2.30. The first-order chi connectivity index (χ1) is 9.56. The highest BCUT2D eigenvalue weighted by Gasteiger charge is 2.21. The molecule has 1 aromatic carbocycles. The molecule has 0 radical (unpaired) electrons. The van der Waals surface area contributed by atoms with Gasteiger partial charge in [0.1, 0.15) is 5.69 Å². The minimum Gasteiger partial charge on any atom is -0.393 e.